The molecule has 0 saturated carbocycles. The van der Waals surface area contributed by atoms with E-state index in [2.05, 4.69) is 10.6 Å². The second-order valence-electron chi connectivity index (χ2n) is 4.29. The molecule has 2 amide bonds. The van der Waals surface area contributed by atoms with E-state index in [4.69, 9.17) is 10.2 Å². The zero-order valence-electron chi connectivity index (χ0n) is 10.8. The Balaban J connectivity index is 1.93. The van der Waals surface area contributed by atoms with Crippen LogP contribution >= 0.6 is 0 Å². The minimum absolute atomic E-state index is 0.0241. The van der Waals surface area contributed by atoms with E-state index in [-0.39, 0.29) is 19.2 Å². The fourth-order valence-electron chi connectivity index (χ4n) is 1.68. The number of amides is 2. The molecule has 0 aliphatic rings. The van der Waals surface area contributed by atoms with E-state index in [0.29, 0.717) is 11.4 Å². The highest BCUT2D eigenvalue weighted by Gasteiger charge is 2.02. The summed E-state index contributed by atoms with van der Waals surface area (Å²) in [5.41, 5.74) is 2.87. The van der Waals surface area contributed by atoms with Gasteiger partial charge < -0.3 is 20.8 Å². The maximum Gasteiger partial charge on any atom is 0.323 e. The van der Waals surface area contributed by atoms with Crippen LogP contribution in [0.5, 0.6) is 0 Å². The Labute approximate surface area is 116 Å². The van der Waals surface area contributed by atoms with Crippen LogP contribution in [0.2, 0.25) is 0 Å². The van der Waals surface area contributed by atoms with Gasteiger partial charge in [0.15, 0.2) is 0 Å². The molecule has 0 unspecified atom stereocenters. The summed E-state index contributed by atoms with van der Waals surface area (Å²) in [5.74, 6) is 0. The largest absolute Gasteiger partial charge is 0.392 e. The Morgan fingerprint density at radius 3 is 1.40 bits per heavy atom. The maximum atomic E-state index is 11.8. The number of urea groups is 1. The van der Waals surface area contributed by atoms with E-state index in [0.717, 1.165) is 11.1 Å². The van der Waals surface area contributed by atoms with Gasteiger partial charge in [-0.25, -0.2) is 4.79 Å². The standard InChI is InChI=1S/C15H16N2O3/c18-9-11-1-5-13(6-2-11)16-15(20)17-14-7-3-12(10-19)4-8-14/h1-8,18-19H,9-10H2,(H2,16,17,20). The molecule has 2 aromatic rings. The van der Waals surface area contributed by atoms with E-state index in [1.807, 2.05) is 0 Å². The number of carbonyl (C=O) groups is 1. The van der Waals surface area contributed by atoms with Gasteiger partial charge in [0.2, 0.25) is 0 Å². The zero-order valence-corrected chi connectivity index (χ0v) is 10.8. The van der Waals surface area contributed by atoms with E-state index < -0.39 is 0 Å². The van der Waals surface area contributed by atoms with Crippen molar-refractivity contribution in [3.05, 3.63) is 59.7 Å². The topological polar surface area (TPSA) is 81.6 Å². The molecule has 104 valence electrons. The molecule has 0 heterocycles. The van der Waals surface area contributed by atoms with Crippen molar-refractivity contribution in [3.8, 4) is 0 Å². The van der Waals surface area contributed by atoms with Gasteiger partial charge in [0.05, 0.1) is 13.2 Å². The number of anilines is 2. The molecule has 0 aromatic heterocycles. The summed E-state index contributed by atoms with van der Waals surface area (Å²) >= 11 is 0. The summed E-state index contributed by atoms with van der Waals surface area (Å²) < 4.78 is 0. The third-order valence-corrected chi connectivity index (χ3v) is 2.79. The van der Waals surface area contributed by atoms with Gasteiger partial charge in [-0.2, -0.15) is 0 Å². The van der Waals surface area contributed by atoms with Gasteiger partial charge in [0.25, 0.3) is 0 Å². The normalized spacial score (nSPS) is 10.1. The lowest BCUT2D eigenvalue weighted by Crippen LogP contribution is -2.19. The zero-order chi connectivity index (χ0) is 14.4. The first-order valence-electron chi connectivity index (χ1n) is 6.19. The van der Waals surface area contributed by atoms with Crippen LogP contribution < -0.4 is 10.6 Å². The van der Waals surface area contributed by atoms with Crippen molar-refractivity contribution in [2.45, 2.75) is 13.2 Å². The van der Waals surface area contributed by atoms with Crippen LogP contribution in [-0.2, 0) is 13.2 Å². The van der Waals surface area contributed by atoms with Gasteiger partial charge in [-0.1, -0.05) is 24.3 Å². The van der Waals surface area contributed by atoms with Crippen molar-refractivity contribution < 1.29 is 15.0 Å². The molecule has 0 spiro atoms. The first kappa shape index (κ1) is 14.0. The first-order valence-corrected chi connectivity index (χ1v) is 6.19. The average Bonchev–Trinajstić information content (AvgIpc) is 2.49. The van der Waals surface area contributed by atoms with Gasteiger partial charge in [0.1, 0.15) is 0 Å². The summed E-state index contributed by atoms with van der Waals surface area (Å²) in [4.78, 5) is 11.8. The molecule has 20 heavy (non-hydrogen) atoms. The molecule has 0 aliphatic carbocycles. The summed E-state index contributed by atoms with van der Waals surface area (Å²) in [5, 5.41) is 23.2. The molecular weight excluding hydrogens is 256 g/mol. The molecular formula is C15H16N2O3. The lowest BCUT2D eigenvalue weighted by molar-refractivity contribution is 0.262. The number of carbonyl (C=O) groups excluding carboxylic acids is 1. The highest BCUT2D eigenvalue weighted by molar-refractivity contribution is 5.99. The number of rotatable bonds is 4. The van der Waals surface area contributed by atoms with E-state index in [1.165, 1.54) is 0 Å². The lowest BCUT2D eigenvalue weighted by Gasteiger charge is -2.08. The second-order valence-corrected chi connectivity index (χ2v) is 4.29. The van der Waals surface area contributed by atoms with Crippen LogP contribution in [0.3, 0.4) is 0 Å². The summed E-state index contributed by atoms with van der Waals surface area (Å²) in [6.45, 7) is -0.0482. The van der Waals surface area contributed by atoms with Crippen LogP contribution in [0.4, 0.5) is 16.2 Å². The highest BCUT2D eigenvalue weighted by Crippen LogP contribution is 2.12. The lowest BCUT2D eigenvalue weighted by atomic mass is 10.2. The average molecular weight is 272 g/mol. The molecule has 5 nitrogen and oxygen atoms in total. The Kier molecular flexibility index (Phi) is 4.70. The molecule has 0 saturated heterocycles. The van der Waals surface area contributed by atoms with E-state index in [1.54, 1.807) is 48.5 Å². The summed E-state index contributed by atoms with van der Waals surface area (Å²) in [6, 6.07) is 13.5. The summed E-state index contributed by atoms with van der Waals surface area (Å²) in [6.07, 6.45) is 0. The number of hydrogen-bond acceptors (Lipinski definition) is 3. The maximum absolute atomic E-state index is 11.8. The SMILES string of the molecule is O=C(Nc1ccc(CO)cc1)Nc1ccc(CO)cc1. The molecule has 0 radical (unpaired) electrons. The van der Waals surface area contributed by atoms with E-state index >= 15 is 0 Å². The molecule has 0 bridgehead atoms. The van der Waals surface area contributed by atoms with Gasteiger partial charge in [0, 0.05) is 11.4 Å². The molecule has 2 rings (SSSR count). The smallest absolute Gasteiger partial charge is 0.323 e. The quantitative estimate of drug-likeness (QED) is 0.689. The third-order valence-electron chi connectivity index (χ3n) is 2.79. The van der Waals surface area contributed by atoms with Crippen molar-refractivity contribution >= 4 is 17.4 Å². The van der Waals surface area contributed by atoms with Gasteiger partial charge in [-0.3, -0.25) is 0 Å². The van der Waals surface area contributed by atoms with Gasteiger partial charge in [-0.05, 0) is 35.4 Å². The molecule has 0 fully saturated rings. The fourth-order valence-corrected chi connectivity index (χ4v) is 1.68. The fraction of sp³-hybridized carbons (Fsp3) is 0.133. The van der Waals surface area contributed by atoms with Crippen molar-refractivity contribution in [3.63, 3.8) is 0 Å². The molecule has 4 N–H and O–H groups in total. The van der Waals surface area contributed by atoms with E-state index in [9.17, 15) is 4.79 Å². The minimum Gasteiger partial charge on any atom is -0.392 e. The number of aliphatic hydroxyl groups is 2. The first-order chi connectivity index (χ1) is 9.71. The second kappa shape index (κ2) is 6.70. The summed E-state index contributed by atoms with van der Waals surface area (Å²) in [7, 11) is 0. The van der Waals surface area contributed by atoms with Gasteiger partial charge >= 0.3 is 6.03 Å². The third kappa shape index (κ3) is 3.81. The number of benzene rings is 2. The Hall–Kier alpha value is -2.37. The monoisotopic (exact) mass is 272 g/mol. The van der Waals surface area contributed by atoms with Crippen molar-refractivity contribution in [2.24, 2.45) is 0 Å². The van der Waals surface area contributed by atoms with Crippen LogP contribution in [0.25, 0.3) is 0 Å². The number of hydrogen-bond donors (Lipinski definition) is 4. The Bertz CT molecular complexity index is 513. The molecule has 2 aromatic carbocycles. The van der Waals surface area contributed by atoms with Crippen molar-refractivity contribution in [1.82, 2.24) is 0 Å². The van der Waals surface area contributed by atoms with Crippen molar-refractivity contribution in [2.75, 3.05) is 10.6 Å². The predicted octanol–water partition coefficient (Wildman–Crippen LogP) is 2.32. The highest BCUT2D eigenvalue weighted by atomic mass is 16.3. The van der Waals surface area contributed by atoms with Crippen LogP contribution in [0, 0.1) is 0 Å². The molecule has 0 aliphatic heterocycles. The molecule has 0 atom stereocenters. The molecule has 5 heteroatoms. The minimum atomic E-state index is -0.349. The van der Waals surface area contributed by atoms with Crippen molar-refractivity contribution in [1.29, 1.82) is 0 Å². The van der Waals surface area contributed by atoms with Crippen LogP contribution in [0.1, 0.15) is 11.1 Å². The van der Waals surface area contributed by atoms with Crippen LogP contribution in [-0.4, -0.2) is 16.2 Å². The number of nitrogens with one attached hydrogen (secondary N) is 2. The number of aliphatic hydroxyl groups excluding tert-OH is 2. The van der Waals surface area contributed by atoms with Gasteiger partial charge in [-0.15, -0.1) is 0 Å². The Morgan fingerprint density at radius 2 is 1.10 bits per heavy atom. The Morgan fingerprint density at radius 1 is 0.750 bits per heavy atom. The predicted molar refractivity (Wildman–Crippen MR) is 77.4 cm³/mol. The van der Waals surface area contributed by atoms with Crippen LogP contribution in [0.15, 0.2) is 48.5 Å².